The average molecular weight is 287 g/mol. The molecular formula is C16H21N3O2. The first-order chi connectivity index (χ1) is 10.2. The van der Waals surface area contributed by atoms with Crippen molar-refractivity contribution >= 4 is 17.6 Å². The number of hydrogen-bond donors (Lipinski definition) is 2. The molecule has 0 spiro atoms. The number of anilines is 1. The lowest BCUT2D eigenvalue weighted by atomic mass is 9.83. The van der Waals surface area contributed by atoms with Crippen molar-refractivity contribution in [3.63, 3.8) is 0 Å². The highest BCUT2D eigenvalue weighted by Crippen LogP contribution is 2.33. The predicted molar refractivity (Wildman–Crippen MR) is 80.6 cm³/mol. The topological polar surface area (TPSA) is 75.4 Å². The Bertz CT molecular complexity index is 552. The van der Waals surface area contributed by atoms with E-state index in [1.165, 1.54) is 11.3 Å². The Morgan fingerprint density at radius 3 is 2.62 bits per heavy atom. The summed E-state index contributed by atoms with van der Waals surface area (Å²) in [5.74, 6) is 0.103. The Morgan fingerprint density at radius 1 is 1.19 bits per heavy atom. The van der Waals surface area contributed by atoms with E-state index in [9.17, 15) is 9.59 Å². The first-order valence-electron chi connectivity index (χ1n) is 7.61. The van der Waals surface area contributed by atoms with Crippen LogP contribution in [0.4, 0.5) is 10.5 Å². The molecule has 1 saturated carbocycles. The van der Waals surface area contributed by atoms with Crippen LogP contribution in [-0.4, -0.2) is 22.9 Å². The van der Waals surface area contributed by atoms with Crippen LogP contribution in [0, 0.1) is 5.92 Å². The van der Waals surface area contributed by atoms with Crippen molar-refractivity contribution in [3.8, 4) is 0 Å². The molecule has 3 N–H and O–H groups in total. The van der Waals surface area contributed by atoms with Crippen LogP contribution in [0.5, 0.6) is 0 Å². The lowest BCUT2D eigenvalue weighted by molar-refractivity contribution is -0.122. The highest BCUT2D eigenvalue weighted by atomic mass is 16.2. The van der Waals surface area contributed by atoms with Gasteiger partial charge < -0.3 is 16.0 Å². The van der Waals surface area contributed by atoms with E-state index in [2.05, 4.69) is 5.32 Å². The van der Waals surface area contributed by atoms with E-state index in [-0.39, 0.29) is 11.8 Å². The van der Waals surface area contributed by atoms with Crippen LogP contribution in [-0.2, 0) is 11.3 Å². The number of hydrogen-bond acceptors (Lipinski definition) is 2. The zero-order valence-corrected chi connectivity index (χ0v) is 12.0. The molecule has 1 aliphatic carbocycles. The maximum atomic E-state index is 12.6. The third-order valence-electron chi connectivity index (χ3n) is 4.60. The van der Waals surface area contributed by atoms with Crippen molar-refractivity contribution in [1.29, 1.82) is 0 Å². The Kier molecular flexibility index (Phi) is 3.82. The number of urea groups is 1. The highest BCUT2D eigenvalue weighted by molar-refractivity contribution is 5.98. The second kappa shape index (κ2) is 5.76. The summed E-state index contributed by atoms with van der Waals surface area (Å²) in [4.78, 5) is 26.1. The third kappa shape index (κ3) is 2.73. The van der Waals surface area contributed by atoms with Gasteiger partial charge >= 0.3 is 6.03 Å². The van der Waals surface area contributed by atoms with Gasteiger partial charge in [0.25, 0.3) is 0 Å². The number of benzene rings is 1. The first-order valence-corrected chi connectivity index (χ1v) is 7.61. The van der Waals surface area contributed by atoms with Gasteiger partial charge in [-0.1, -0.05) is 37.5 Å². The van der Waals surface area contributed by atoms with Gasteiger partial charge in [0.2, 0.25) is 5.91 Å². The van der Waals surface area contributed by atoms with Crippen LogP contribution in [0.2, 0.25) is 0 Å². The Labute approximate surface area is 124 Å². The quantitative estimate of drug-likeness (QED) is 0.832. The van der Waals surface area contributed by atoms with Crippen molar-refractivity contribution < 1.29 is 9.59 Å². The Balaban J connectivity index is 1.94. The van der Waals surface area contributed by atoms with E-state index >= 15 is 0 Å². The largest absolute Gasteiger partial charge is 0.351 e. The summed E-state index contributed by atoms with van der Waals surface area (Å²) in [6.07, 6.45) is 5.42. The van der Waals surface area contributed by atoms with Gasteiger partial charge in [-0.2, -0.15) is 0 Å². The van der Waals surface area contributed by atoms with Crippen molar-refractivity contribution in [1.82, 2.24) is 4.90 Å². The van der Waals surface area contributed by atoms with Gasteiger partial charge in [-0.05, 0) is 30.4 Å². The molecule has 5 heteroatoms. The molecule has 0 radical (unpaired) electrons. The molecule has 1 aromatic carbocycles. The Morgan fingerprint density at radius 2 is 1.90 bits per heavy atom. The second-order valence-electron chi connectivity index (χ2n) is 5.96. The van der Waals surface area contributed by atoms with E-state index in [1.807, 2.05) is 24.3 Å². The molecule has 21 heavy (non-hydrogen) atoms. The molecule has 1 aliphatic heterocycles. The summed E-state index contributed by atoms with van der Waals surface area (Å²) < 4.78 is 0. The van der Waals surface area contributed by atoms with Gasteiger partial charge in [-0.25, -0.2) is 4.79 Å². The van der Waals surface area contributed by atoms with E-state index in [0.717, 1.165) is 36.9 Å². The van der Waals surface area contributed by atoms with Crippen LogP contribution < -0.4 is 11.1 Å². The van der Waals surface area contributed by atoms with Gasteiger partial charge in [0.05, 0.1) is 6.54 Å². The minimum atomic E-state index is -0.516. The van der Waals surface area contributed by atoms with Crippen LogP contribution in [0.1, 0.15) is 37.7 Å². The number of amides is 3. The van der Waals surface area contributed by atoms with Crippen LogP contribution >= 0.6 is 0 Å². The molecule has 1 heterocycles. The number of nitrogens with two attached hydrogens (primary N) is 1. The summed E-state index contributed by atoms with van der Waals surface area (Å²) >= 11 is 0. The summed E-state index contributed by atoms with van der Waals surface area (Å²) in [5, 5.41) is 2.97. The van der Waals surface area contributed by atoms with E-state index in [4.69, 9.17) is 5.73 Å². The van der Waals surface area contributed by atoms with E-state index in [1.54, 1.807) is 0 Å². The molecule has 2 aliphatic rings. The fourth-order valence-corrected chi connectivity index (χ4v) is 3.54. The number of rotatable bonds is 1. The van der Waals surface area contributed by atoms with Crippen molar-refractivity contribution in [2.45, 2.75) is 44.7 Å². The number of nitrogens with zero attached hydrogens (tertiary/aromatic N) is 1. The molecule has 1 fully saturated rings. The molecule has 1 unspecified atom stereocenters. The molecule has 0 bridgehead atoms. The number of nitrogens with one attached hydrogen (secondary N) is 1. The van der Waals surface area contributed by atoms with E-state index < -0.39 is 12.1 Å². The number of primary amides is 1. The minimum Gasteiger partial charge on any atom is -0.351 e. The van der Waals surface area contributed by atoms with Crippen molar-refractivity contribution in [3.05, 3.63) is 29.8 Å². The number of carbonyl (C=O) groups excluding carboxylic acids is 2. The van der Waals surface area contributed by atoms with Crippen molar-refractivity contribution in [2.75, 3.05) is 5.32 Å². The predicted octanol–water partition coefficient (Wildman–Crippen LogP) is 2.47. The summed E-state index contributed by atoms with van der Waals surface area (Å²) in [5.41, 5.74) is 7.28. The summed E-state index contributed by atoms with van der Waals surface area (Å²) in [6, 6.07) is 6.62. The summed E-state index contributed by atoms with van der Waals surface area (Å²) in [7, 11) is 0. The molecule has 1 atom stereocenters. The van der Waals surface area contributed by atoms with Gasteiger partial charge in [0.15, 0.2) is 0 Å². The van der Waals surface area contributed by atoms with Crippen LogP contribution in [0.25, 0.3) is 0 Å². The fraction of sp³-hybridized carbons (Fsp3) is 0.500. The third-order valence-corrected chi connectivity index (χ3v) is 4.60. The molecule has 3 rings (SSSR count). The molecule has 5 nitrogen and oxygen atoms in total. The minimum absolute atomic E-state index is 0.106. The lowest BCUT2D eigenvalue weighted by Crippen LogP contribution is -2.51. The average Bonchev–Trinajstić information content (AvgIpc) is 2.64. The van der Waals surface area contributed by atoms with Gasteiger partial charge in [0.1, 0.15) is 6.04 Å². The normalized spacial score (nSPS) is 23.1. The highest BCUT2D eigenvalue weighted by Gasteiger charge is 2.38. The SMILES string of the molecule is NC(=O)N1Cc2ccccc2NC(=O)C1C1CCCCC1. The number of para-hydroxylation sites is 1. The maximum Gasteiger partial charge on any atom is 0.315 e. The zero-order valence-electron chi connectivity index (χ0n) is 12.0. The molecule has 1 aromatic rings. The summed E-state index contributed by atoms with van der Waals surface area (Å²) in [6.45, 7) is 0.394. The van der Waals surface area contributed by atoms with Gasteiger partial charge in [-0.3, -0.25) is 4.79 Å². The zero-order chi connectivity index (χ0) is 14.8. The second-order valence-corrected chi connectivity index (χ2v) is 5.96. The maximum absolute atomic E-state index is 12.6. The standard InChI is InChI=1S/C16H21N3O2/c17-16(21)19-10-12-8-4-5-9-13(12)18-15(20)14(19)11-6-2-1-3-7-11/h4-5,8-9,11,14H,1-3,6-7,10H2,(H2,17,21)(H,18,20). The van der Waals surface area contributed by atoms with Crippen molar-refractivity contribution in [2.24, 2.45) is 11.7 Å². The molecule has 0 saturated heterocycles. The van der Waals surface area contributed by atoms with E-state index in [0.29, 0.717) is 6.54 Å². The van der Waals surface area contributed by atoms with Gasteiger partial charge in [-0.15, -0.1) is 0 Å². The smallest absolute Gasteiger partial charge is 0.315 e. The first kappa shape index (κ1) is 13.9. The number of fused-ring (bicyclic) bond motifs is 1. The molecular weight excluding hydrogens is 266 g/mol. The Hall–Kier alpha value is -2.04. The number of carbonyl (C=O) groups is 2. The lowest BCUT2D eigenvalue weighted by Gasteiger charge is -2.35. The molecule has 3 amide bonds. The van der Waals surface area contributed by atoms with Gasteiger partial charge in [0, 0.05) is 5.69 Å². The molecule has 0 aromatic heterocycles. The van der Waals surface area contributed by atoms with Crippen LogP contribution in [0.3, 0.4) is 0 Å². The fourth-order valence-electron chi connectivity index (χ4n) is 3.54. The monoisotopic (exact) mass is 287 g/mol. The molecule has 112 valence electrons. The van der Waals surface area contributed by atoms with Crippen LogP contribution in [0.15, 0.2) is 24.3 Å².